The highest BCUT2D eigenvalue weighted by Gasteiger charge is 2.11. The van der Waals surface area contributed by atoms with Crippen LogP contribution in [0.15, 0.2) is 17.5 Å². The Labute approximate surface area is 110 Å². The fourth-order valence-corrected chi connectivity index (χ4v) is 1.80. The topological polar surface area (TPSA) is 61.8 Å². The number of hydrogen-bond acceptors (Lipinski definition) is 5. The average Bonchev–Trinajstić information content (AvgIpc) is 2.34. The second-order valence-electron chi connectivity index (χ2n) is 3.22. The molecule has 18 heavy (non-hydrogen) atoms. The SMILES string of the molecule is COc1cc(OC)c(C=CS(=O)(=O)Cl)c(OC)c1. The molecule has 0 bridgehead atoms. The minimum absolute atomic E-state index is 0.419. The Balaban J connectivity index is 3.36. The summed E-state index contributed by atoms with van der Waals surface area (Å²) in [6.07, 6.45) is 1.30. The standard InChI is InChI=1S/C11H13ClO5S/c1-15-8-6-10(16-2)9(11(7-8)17-3)4-5-18(12,13)14/h4-7H,1-3H3. The van der Waals surface area contributed by atoms with Crippen molar-refractivity contribution < 1.29 is 22.6 Å². The number of ether oxygens (including phenoxy) is 3. The van der Waals surface area contributed by atoms with Crippen LogP contribution in [0.3, 0.4) is 0 Å². The fraction of sp³-hybridized carbons (Fsp3) is 0.273. The zero-order valence-electron chi connectivity index (χ0n) is 10.1. The Morgan fingerprint density at radius 2 is 1.56 bits per heavy atom. The van der Waals surface area contributed by atoms with Crippen molar-refractivity contribution in [2.24, 2.45) is 0 Å². The summed E-state index contributed by atoms with van der Waals surface area (Å²) in [5.41, 5.74) is 0.463. The minimum Gasteiger partial charge on any atom is -0.496 e. The van der Waals surface area contributed by atoms with Crippen molar-refractivity contribution in [1.29, 1.82) is 0 Å². The van der Waals surface area contributed by atoms with Gasteiger partial charge in [-0.1, -0.05) is 0 Å². The Morgan fingerprint density at radius 1 is 1.06 bits per heavy atom. The summed E-state index contributed by atoms with van der Waals surface area (Å²) in [5, 5.41) is 0.863. The molecule has 1 aromatic carbocycles. The number of methoxy groups -OCH3 is 3. The molecule has 0 radical (unpaired) electrons. The van der Waals surface area contributed by atoms with Crippen LogP contribution in [-0.2, 0) is 9.05 Å². The van der Waals surface area contributed by atoms with Crippen LogP contribution >= 0.6 is 10.7 Å². The van der Waals surface area contributed by atoms with E-state index in [0.29, 0.717) is 22.8 Å². The summed E-state index contributed by atoms with van der Waals surface area (Å²) < 4.78 is 37.2. The first-order valence-electron chi connectivity index (χ1n) is 4.84. The van der Waals surface area contributed by atoms with Gasteiger partial charge >= 0.3 is 0 Å². The molecule has 0 aliphatic heterocycles. The van der Waals surface area contributed by atoms with E-state index in [1.807, 2.05) is 0 Å². The Morgan fingerprint density at radius 3 is 1.89 bits per heavy atom. The van der Waals surface area contributed by atoms with Crippen molar-refractivity contribution in [3.05, 3.63) is 23.1 Å². The first-order valence-corrected chi connectivity index (χ1v) is 7.21. The molecule has 7 heteroatoms. The van der Waals surface area contributed by atoms with Crippen LogP contribution in [0.25, 0.3) is 6.08 Å². The molecule has 0 aromatic heterocycles. The van der Waals surface area contributed by atoms with Gasteiger partial charge in [0.2, 0.25) is 0 Å². The van der Waals surface area contributed by atoms with Crippen LogP contribution in [0.2, 0.25) is 0 Å². The van der Waals surface area contributed by atoms with E-state index in [4.69, 9.17) is 24.9 Å². The highest BCUT2D eigenvalue weighted by atomic mass is 35.7. The molecule has 0 aliphatic carbocycles. The summed E-state index contributed by atoms with van der Waals surface area (Å²) in [5.74, 6) is 1.38. The number of benzene rings is 1. The van der Waals surface area contributed by atoms with E-state index in [0.717, 1.165) is 5.41 Å². The van der Waals surface area contributed by atoms with Gasteiger partial charge in [0.15, 0.2) is 0 Å². The van der Waals surface area contributed by atoms with Gasteiger partial charge in [-0.3, -0.25) is 0 Å². The molecule has 0 atom stereocenters. The van der Waals surface area contributed by atoms with E-state index in [2.05, 4.69) is 0 Å². The van der Waals surface area contributed by atoms with Gasteiger partial charge in [-0.2, -0.15) is 0 Å². The molecular weight excluding hydrogens is 280 g/mol. The van der Waals surface area contributed by atoms with Crippen molar-refractivity contribution in [2.75, 3.05) is 21.3 Å². The van der Waals surface area contributed by atoms with Crippen LogP contribution in [0.4, 0.5) is 0 Å². The third kappa shape index (κ3) is 3.82. The quantitative estimate of drug-likeness (QED) is 0.779. The van der Waals surface area contributed by atoms with Gasteiger partial charge in [0, 0.05) is 28.2 Å². The molecule has 1 rings (SSSR count). The van der Waals surface area contributed by atoms with Gasteiger partial charge < -0.3 is 14.2 Å². The van der Waals surface area contributed by atoms with Crippen molar-refractivity contribution in [3.63, 3.8) is 0 Å². The molecule has 0 fully saturated rings. The first-order chi connectivity index (χ1) is 8.41. The zero-order chi connectivity index (χ0) is 13.8. The predicted molar refractivity (Wildman–Crippen MR) is 69.9 cm³/mol. The molecule has 0 spiro atoms. The van der Waals surface area contributed by atoms with E-state index in [-0.39, 0.29) is 0 Å². The monoisotopic (exact) mass is 292 g/mol. The van der Waals surface area contributed by atoms with Crippen LogP contribution in [0, 0.1) is 0 Å². The largest absolute Gasteiger partial charge is 0.496 e. The molecule has 0 unspecified atom stereocenters. The first kappa shape index (κ1) is 14.7. The van der Waals surface area contributed by atoms with E-state index in [9.17, 15) is 8.42 Å². The lowest BCUT2D eigenvalue weighted by molar-refractivity contribution is 0.374. The van der Waals surface area contributed by atoms with Crippen molar-refractivity contribution in [2.45, 2.75) is 0 Å². The summed E-state index contributed by atoms with van der Waals surface area (Å²) in [7, 11) is 5.80. The molecule has 0 saturated carbocycles. The number of halogens is 1. The van der Waals surface area contributed by atoms with Crippen molar-refractivity contribution in [3.8, 4) is 17.2 Å². The fourth-order valence-electron chi connectivity index (χ4n) is 1.35. The second-order valence-corrected chi connectivity index (χ2v) is 5.74. The lowest BCUT2D eigenvalue weighted by Crippen LogP contribution is -1.95. The smallest absolute Gasteiger partial charge is 0.254 e. The lowest BCUT2D eigenvalue weighted by atomic mass is 10.1. The van der Waals surface area contributed by atoms with Crippen molar-refractivity contribution in [1.82, 2.24) is 0 Å². The summed E-state index contributed by atoms with van der Waals surface area (Å²) in [6, 6.07) is 3.23. The molecule has 1 aromatic rings. The maximum Gasteiger partial charge on any atom is 0.254 e. The van der Waals surface area contributed by atoms with Crippen molar-refractivity contribution >= 4 is 25.8 Å². The second kappa shape index (κ2) is 5.97. The highest BCUT2D eigenvalue weighted by molar-refractivity contribution is 8.16. The zero-order valence-corrected chi connectivity index (χ0v) is 11.7. The maximum atomic E-state index is 10.9. The van der Waals surface area contributed by atoms with Crippen LogP contribution in [0.5, 0.6) is 17.2 Å². The minimum atomic E-state index is -3.74. The van der Waals surface area contributed by atoms with E-state index >= 15 is 0 Å². The third-order valence-electron chi connectivity index (χ3n) is 2.15. The van der Waals surface area contributed by atoms with E-state index in [1.165, 1.54) is 27.4 Å². The van der Waals surface area contributed by atoms with Gasteiger partial charge in [0.1, 0.15) is 17.2 Å². The third-order valence-corrected chi connectivity index (χ3v) is 2.92. The lowest BCUT2D eigenvalue weighted by Gasteiger charge is -2.12. The van der Waals surface area contributed by atoms with Gasteiger partial charge in [0.25, 0.3) is 9.05 Å². The number of rotatable bonds is 5. The molecule has 0 amide bonds. The summed E-state index contributed by atoms with van der Waals surface area (Å²) in [6.45, 7) is 0. The molecule has 0 saturated heterocycles. The molecular formula is C11H13ClO5S. The number of hydrogen-bond donors (Lipinski definition) is 0. The Kier molecular flexibility index (Phi) is 4.86. The Hall–Kier alpha value is -1.40. The molecule has 100 valence electrons. The summed E-state index contributed by atoms with van der Waals surface area (Å²) in [4.78, 5) is 0. The van der Waals surface area contributed by atoms with Gasteiger partial charge in [-0.05, 0) is 6.08 Å². The predicted octanol–water partition coefficient (Wildman–Crippen LogP) is 2.25. The molecule has 0 aliphatic rings. The maximum absolute atomic E-state index is 10.9. The van der Waals surface area contributed by atoms with E-state index < -0.39 is 9.05 Å². The molecule has 0 N–H and O–H groups in total. The normalized spacial score (nSPS) is 11.6. The Bertz CT molecular complexity index is 526. The average molecular weight is 293 g/mol. The highest BCUT2D eigenvalue weighted by Crippen LogP contribution is 2.35. The van der Waals surface area contributed by atoms with Crippen LogP contribution < -0.4 is 14.2 Å². The van der Waals surface area contributed by atoms with Gasteiger partial charge in [-0.15, -0.1) is 0 Å². The molecule has 5 nitrogen and oxygen atoms in total. The van der Waals surface area contributed by atoms with Crippen LogP contribution in [0.1, 0.15) is 5.56 Å². The van der Waals surface area contributed by atoms with Gasteiger partial charge in [-0.25, -0.2) is 8.42 Å². The summed E-state index contributed by atoms with van der Waals surface area (Å²) >= 11 is 0. The molecule has 0 heterocycles. The van der Waals surface area contributed by atoms with Gasteiger partial charge in [0.05, 0.1) is 26.9 Å². The van der Waals surface area contributed by atoms with E-state index in [1.54, 1.807) is 12.1 Å². The van der Waals surface area contributed by atoms with Crippen LogP contribution in [-0.4, -0.2) is 29.7 Å².